The molecule has 2 aromatic heterocycles. The zero-order valence-electron chi connectivity index (χ0n) is 10.7. The molecule has 100 valence electrons. The zero-order chi connectivity index (χ0) is 13.9. The molecule has 3 aromatic rings. The Morgan fingerprint density at radius 3 is 2.70 bits per heavy atom. The van der Waals surface area contributed by atoms with Gasteiger partial charge in [0.2, 0.25) is 5.88 Å². The molecule has 2 heterocycles. The molecular formula is C14H11BrN4O. The number of nitrogens with zero attached hydrogens (tertiary/aromatic N) is 4. The summed E-state index contributed by atoms with van der Waals surface area (Å²) >= 11 is 3.40. The zero-order valence-corrected chi connectivity index (χ0v) is 12.3. The van der Waals surface area contributed by atoms with Gasteiger partial charge in [-0.25, -0.2) is 9.67 Å². The normalized spacial score (nSPS) is 10.5. The SMILES string of the molecule is Cc1cc(Oc2ncn(-c3ccccc3)n2)ncc1Br. The van der Waals surface area contributed by atoms with Crippen molar-refractivity contribution < 1.29 is 4.74 Å². The van der Waals surface area contributed by atoms with Crippen LogP contribution in [0.3, 0.4) is 0 Å². The van der Waals surface area contributed by atoms with E-state index >= 15 is 0 Å². The van der Waals surface area contributed by atoms with Gasteiger partial charge in [0.15, 0.2) is 0 Å². The molecule has 5 nitrogen and oxygen atoms in total. The number of aryl methyl sites for hydroxylation is 1. The van der Waals surface area contributed by atoms with Gasteiger partial charge in [0.05, 0.1) is 5.69 Å². The first-order valence-corrected chi connectivity index (χ1v) is 6.79. The highest BCUT2D eigenvalue weighted by Crippen LogP contribution is 2.21. The lowest BCUT2D eigenvalue weighted by atomic mass is 10.3. The summed E-state index contributed by atoms with van der Waals surface area (Å²) in [5, 5.41) is 4.26. The summed E-state index contributed by atoms with van der Waals surface area (Å²) in [4.78, 5) is 8.28. The summed E-state index contributed by atoms with van der Waals surface area (Å²) < 4.78 is 8.13. The van der Waals surface area contributed by atoms with Gasteiger partial charge in [0, 0.05) is 16.7 Å². The van der Waals surface area contributed by atoms with Crippen LogP contribution < -0.4 is 4.74 Å². The quantitative estimate of drug-likeness (QED) is 0.737. The van der Waals surface area contributed by atoms with Gasteiger partial charge >= 0.3 is 6.01 Å². The second kappa shape index (κ2) is 5.42. The van der Waals surface area contributed by atoms with E-state index in [1.807, 2.05) is 43.3 Å². The Kier molecular flexibility index (Phi) is 3.47. The first-order valence-electron chi connectivity index (χ1n) is 5.99. The van der Waals surface area contributed by atoms with Crippen LogP contribution in [-0.2, 0) is 0 Å². The molecule has 0 fully saturated rings. The summed E-state index contributed by atoms with van der Waals surface area (Å²) in [6.07, 6.45) is 3.30. The van der Waals surface area contributed by atoms with E-state index in [0.717, 1.165) is 15.7 Å². The van der Waals surface area contributed by atoms with Crippen molar-refractivity contribution in [2.24, 2.45) is 0 Å². The van der Waals surface area contributed by atoms with Gasteiger partial charge in [0.1, 0.15) is 6.33 Å². The van der Waals surface area contributed by atoms with E-state index in [-0.39, 0.29) is 6.01 Å². The molecule has 0 spiro atoms. The van der Waals surface area contributed by atoms with Crippen molar-refractivity contribution in [2.45, 2.75) is 6.92 Å². The fourth-order valence-electron chi connectivity index (χ4n) is 1.66. The number of rotatable bonds is 3. The topological polar surface area (TPSA) is 52.8 Å². The van der Waals surface area contributed by atoms with Crippen molar-refractivity contribution in [3.63, 3.8) is 0 Å². The molecule has 0 amide bonds. The van der Waals surface area contributed by atoms with Crippen molar-refractivity contribution in [1.29, 1.82) is 0 Å². The smallest absolute Gasteiger partial charge is 0.342 e. The summed E-state index contributed by atoms with van der Waals surface area (Å²) in [7, 11) is 0. The first-order chi connectivity index (χ1) is 9.72. The molecule has 20 heavy (non-hydrogen) atoms. The third kappa shape index (κ3) is 2.70. The molecule has 0 bridgehead atoms. The standard InChI is InChI=1S/C14H11BrN4O/c1-10-7-13(16-8-12(10)15)20-14-17-9-19(18-14)11-5-3-2-4-6-11/h2-9H,1H3. The molecule has 0 unspecified atom stereocenters. The number of halogens is 1. The fraction of sp³-hybridized carbons (Fsp3) is 0.0714. The predicted molar refractivity (Wildman–Crippen MR) is 78.1 cm³/mol. The average molecular weight is 331 g/mol. The molecule has 6 heteroatoms. The minimum Gasteiger partial charge on any atom is -0.404 e. The largest absolute Gasteiger partial charge is 0.404 e. The highest BCUT2D eigenvalue weighted by Gasteiger charge is 2.07. The number of aromatic nitrogens is 4. The van der Waals surface area contributed by atoms with E-state index < -0.39 is 0 Å². The lowest BCUT2D eigenvalue weighted by Gasteiger charge is -2.02. The van der Waals surface area contributed by atoms with Crippen LogP contribution in [0.25, 0.3) is 5.69 Å². The molecule has 0 saturated carbocycles. The van der Waals surface area contributed by atoms with Gasteiger partial charge in [-0.2, -0.15) is 4.98 Å². The molecule has 0 saturated heterocycles. The number of benzene rings is 1. The number of hydrogen-bond acceptors (Lipinski definition) is 4. The third-order valence-electron chi connectivity index (χ3n) is 2.71. The Bertz CT molecular complexity index is 727. The highest BCUT2D eigenvalue weighted by molar-refractivity contribution is 9.10. The Morgan fingerprint density at radius 2 is 1.95 bits per heavy atom. The molecule has 0 aliphatic rings. The minimum absolute atomic E-state index is 0.267. The Balaban J connectivity index is 1.82. The second-order valence-corrected chi connectivity index (χ2v) is 5.04. The fourth-order valence-corrected chi connectivity index (χ4v) is 1.88. The number of hydrogen-bond donors (Lipinski definition) is 0. The van der Waals surface area contributed by atoms with E-state index in [9.17, 15) is 0 Å². The van der Waals surface area contributed by atoms with Crippen LogP contribution in [0, 0.1) is 6.92 Å². The molecule has 3 rings (SSSR count). The van der Waals surface area contributed by atoms with Gasteiger partial charge in [-0.15, -0.1) is 5.10 Å². The average Bonchev–Trinajstić information content (AvgIpc) is 2.92. The highest BCUT2D eigenvalue weighted by atomic mass is 79.9. The van der Waals surface area contributed by atoms with Gasteiger partial charge in [-0.05, 0) is 40.5 Å². The van der Waals surface area contributed by atoms with Crippen molar-refractivity contribution in [1.82, 2.24) is 19.7 Å². The first kappa shape index (κ1) is 12.8. The summed E-state index contributed by atoms with van der Waals surface area (Å²) in [6, 6.07) is 11.8. The Hall–Kier alpha value is -2.21. The maximum Gasteiger partial charge on any atom is 0.342 e. The van der Waals surface area contributed by atoms with Crippen molar-refractivity contribution in [3.8, 4) is 17.6 Å². The summed E-state index contributed by atoms with van der Waals surface area (Å²) in [5.41, 5.74) is 1.97. The maximum absolute atomic E-state index is 5.54. The predicted octanol–water partition coefficient (Wildman–Crippen LogP) is 3.53. The van der Waals surface area contributed by atoms with E-state index in [4.69, 9.17) is 4.74 Å². The van der Waals surface area contributed by atoms with Crippen LogP contribution in [-0.4, -0.2) is 19.7 Å². The molecule has 0 aliphatic heterocycles. The maximum atomic E-state index is 5.54. The van der Waals surface area contributed by atoms with Crippen molar-refractivity contribution in [3.05, 3.63) is 59.0 Å². The van der Waals surface area contributed by atoms with E-state index in [0.29, 0.717) is 5.88 Å². The summed E-state index contributed by atoms with van der Waals surface area (Å²) in [5.74, 6) is 0.469. The van der Waals surface area contributed by atoms with Crippen LogP contribution in [0.1, 0.15) is 5.56 Å². The molecule has 0 N–H and O–H groups in total. The molecule has 1 aromatic carbocycles. The number of ether oxygens (including phenoxy) is 1. The minimum atomic E-state index is 0.267. The number of pyridine rings is 1. The van der Waals surface area contributed by atoms with E-state index in [1.165, 1.54) is 0 Å². The van der Waals surface area contributed by atoms with Crippen LogP contribution in [0.15, 0.2) is 53.4 Å². The van der Waals surface area contributed by atoms with Gasteiger partial charge in [-0.3, -0.25) is 0 Å². The lowest BCUT2D eigenvalue weighted by molar-refractivity contribution is 0.424. The third-order valence-corrected chi connectivity index (χ3v) is 3.54. The van der Waals surface area contributed by atoms with Crippen LogP contribution >= 0.6 is 15.9 Å². The van der Waals surface area contributed by atoms with Crippen LogP contribution in [0.4, 0.5) is 0 Å². The van der Waals surface area contributed by atoms with Crippen molar-refractivity contribution >= 4 is 15.9 Å². The molecule has 0 radical (unpaired) electrons. The van der Waals surface area contributed by atoms with E-state index in [1.54, 1.807) is 17.2 Å². The van der Waals surface area contributed by atoms with Gasteiger partial charge in [-0.1, -0.05) is 18.2 Å². The monoisotopic (exact) mass is 330 g/mol. The van der Waals surface area contributed by atoms with E-state index in [2.05, 4.69) is 31.0 Å². The van der Waals surface area contributed by atoms with Gasteiger partial charge < -0.3 is 4.74 Å². The Morgan fingerprint density at radius 1 is 1.15 bits per heavy atom. The molecule has 0 aliphatic carbocycles. The van der Waals surface area contributed by atoms with Crippen LogP contribution in [0.2, 0.25) is 0 Å². The molecule has 0 atom stereocenters. The van der Waals surface area contributed by atoms with Crippen LogP contribution in [0.5, 0.6) is 11.9 Å². The van der Waals surface area contributed by atoms with Gasteiger partial charge in [0.25, 0.3) is 0 Å². The summed E-state index contributed by atoms with van der Waals surface area (Å²) in [6.45, 7) is 1.97. The van der Waals surface area contributed by atoms with Crippen molar-refractivity contribution in [2.75, 3.05) is 0 Å². The Labute approximate surface area is 124 Å². The lowest BCUT2D eigenvalue weighted by Crippen LogP contribution is -1.95. The molecular weight excluding hydrogens is 320 g/mol. The number of para-hydroxylation sites is 1. The second-order valence-electron chi connectivity index (χ2n) is 4.18.